The molecule has 1 saturated heterocycles. The Hall–Kier alpha value is -1.82. The zero-order chi connectivity index (χ0) is 13.5. The zero-order valence-corrected chi connectivity index (χ0v) is 11.6. The molecule has 2 aromatic heterocycles. The number of hydrogen-bond donors (Lipinski definition) is 1. The van der Waals surface area contributed by atoms with Gasteiger partial charge in [0.25, 0.3) is 0 Å². The summed E-state index contributed by atoms with van der Waals surface area (Å²) in [6.45, 7) is 5.51. The van der Waals surface area contributed by atoms with Gasteiger partial charge in [0, 0.05) is 45.1 Å². The van der Waals surface area contributed by atoms with Crippen LogP contribution in [0.25, 0.3) is 5.65 Å². The average molecular weight is 272 g/mol. The maximum Gasteiger partial charge on any atom is 0.180 e. The van der Waals surface area contributed by atoms with Gasteiger partial charge in [0.2, 0.25) is 0 Å². The molecule has 2 N–H and O–H groups in total. The SMILES string of the molecule is Nc1cn2ccnc2c(N2CCN(CC3CC3)CC2)n1. The first-order chi connectivity index (χ1) is 9.79. The number of anilines is 2. The predicted octanol–water partition coefficient (Wildman–Crippen LogP) is 0.843. The van der Waals surface area contributed by atoms with Crippen LogP contribution in [0, 0.1) is 5.92 Å². The summed E-state index contributed by atoms with van der Waals surface area (Å²) in [6, 6.07) is 0. The molecule has 106 valence electrons. The molecule has 6 nitrogen and oxygen atoms in total. The van der Waals surface area contributed by atoms with Crippen molar-refractivity contribution < 1.29 is 0 Å². The molecule has 1 aliphatic heterocycles. The monoisotopic (exact) mass is 272 g/mol. The summed E-state index contributed by atoms with van der Waals surface area (Å²) in [5.74, 6) is 2.43. The highest BCUT2D eigenvalue weighted by molar-refractivity contribution is 5.66. The van der Waals surface area contributed by atoms with Gasteiger partial charge in [0.05, 0.1) is 6.20 Å². The van der Waals surface area contributed by atoms with E-state index in [-0.39, 0.29) is 0 Å². The Morgan fingerprint density at radius 3 is 2.75 bits per heavy atom. The van der Waals surface area contributed by atoms with Crippen molar-refractivity contribution in [3.8, 4) is 0 Å². The molecular weight excluding hydrogens is 252 g/mol. The molecule has 0 spiro atoms. The third kappa shape index (κ3) is 2.20. The fraction of sp³-hybridized carbons (Fsp3) is 0.571. The van der Waals surface area contributed by atoms with E-state index in [1.54, 1.807) is 6.20 Å². The van der Waals surface area contributed by atoms with E-state index in [0.29, 0.717) is 5.82 Å². The largest absolute Gasteiger partial charge is 0.382 e. The minimum atomic E-state index is 0.547. The average Bonchev–Trinajstić information content (AvgIpc) is 3.14. The molecule has 0 bridgehead atoms. The molecule has 2 fully saturated rings. The smallest absolute Gasteiger partial charge is 0.180 e. The molecule has 2 aromatic rings. The Bertz CT molecular complexity index is 609. The lowest BCUT2D eigenvalue weighted by atomic mass is 10.3. The van der Waals surface area contributed by atoms with Gasteiger partial charge in [-0.25, -0.2) is 9.97 Å². The van der Waals surface area contributed by atoms with Crippen LogP contribution in [0.5, 0.6) is 0 Å². The normalized spacial score (nSPS) is 20.7. The number of imidazole rings is 1. The Kier molecular flexibility index (Phi) is 2.77. The summed E-state index contributed by atoms with van der Waals surface area (Å²) in [5.41, 5.74) is 6.79. The quantitative estimate of drug-likeness (QED) is 0.897. The number of nitrogens with zero attached hydrogens (tertiary/aromatic N) is 5. The van der Waals surface area contributed by atoms with E-state index in [2.05, 4.69) is 19.8 Å². The van der Waals surface area contributed by atoms with Gasteiger partial charge in [-0.2, -0.15) is 0 Å². The summed E-state index contributed by atoms with van der Waals surface area (Å²) in [6.07, 6.45) is 8.37. The van der Waals surface area contributed by atoms with Crippen molar-refractivity contribution >= 4 is 17.3 Å². The Morgan fingerprint density at radius 2 is 2.00 bits per heavy atom. The molecule has 0 unspecified atom stereocenters. The van der Waals surface area contributed by atoms with Crippen LogP contribution >= 0.6 is 0 Å². The van der Waals surface area contributed by atoms with Crippen LogP contribution in [0.2, 0.25) is 0 Å². The van der Waals surface area contributed by atoms with Crippen LogP contribution in [0.15, 0.2) is 18.6 Å². The maximum atomic E-state index is 5.90. The number of aromatic nitrogens is 3. The van der Waals surface area contributed by atoms with Crippen LogP contribution in [0.3, 0.4) is 0 Å². The molecule has 20 heavy (non-hydrogen) atoms. The first kappa shape index (κ1) is 12.0. The van der Waals surface area contributed by atoms with E-state index in [0.717, 1.165) is 43.6 Å². The second kappa shape index (κ2) is 4.63. The van der Waals surface area contributed by atoms with Crippen molar-refractivity contribution in [1.29, 1.82) is 0 Å². The van der Waals surface area contributed by atoms with E-state index in [1.807, 2.05) is 16.8 Å². The van der Waals surface area contributed by atoms with Crippen molar-refractivity contribution in [2.45, 2.75) is 12.8 Å². The van der Waals surface area contributed by atoms with Gasteiger partial charge in [-0.3, -0.25) is 4.90 Å². The van der Waals surface area contributed by atoms with Crippen molar-refractivity contribution in [2.24, 2.45) is 5.92 Å². The molecule has 6 heteroatoms. The van der Waals surface area contributed by atoms with Crippen LogP contribution in [0.1, 0.15) is 12.8 Å². The molecule has 0 radical (unpaired) electrons. The van der Waals surface area contributed by atoms with Gasteiger partial charge < -0.3 is 15.0 Å². The van der Waals surface area contributed by atoms with Crippen molar-refractivity contribution in [3.63, 3.8) is 0 Å². The number of nitrogen functional groups attached to an aromatic ring is 1. The minimum Gasteiger partial charge on any atom is -0.382 e. The highest BCUT2D eigenvalue weighted by Crippen LogP contribution is 2.30. The van der Waals surface area contributed by atoms with Gasteiger partial charge in [0.15, 0.2) is 11.5 Å². The van der Waals surface area contributed by atoms with Crippen LogP contribution in [-0.4, -0.2) is 52.0 Å². The molecule has 2 aliphatic rings. The van der Waals surface area contributed by atoms with Crippen molar-refractivity contribution in [3.05, 3.63) is 18.6 Å². The highest BCUT2D eigenvalue weighted by atomic mass is 15.3. The summed E-state index contributed by atoms with van der Waals surface area (Å²) >= 11 is 0. The summed E-state index contributed by atoms with van der Waals surface area (Å²) in [7, 11) is 0. The molecule has 0 atom stereocenters. The number of nitrogens with two attached hydrogens (primary N) is 1. The van der Waals surface area contributed by atoms with E-state index in [9.17, 15) is 0 Å². The van der Waals surface area contributed by atoms with Gasteiger partial charge >= 0.3 is 0 Å². The lowest BCUT2D eigenvalue weighted by molar-refractivity contribution is 0.248. The number of piperazine rings is 1. The minimum absolute atomic E-state index is 0.547. The fourth-order valence-electron chi connectivity index (χ4n) is 2.95. The number of fused-ring (bicyclic) bond motifs is 1. The second-order valence-electron chi connectivity index (χ2n) is 5.88. The standard InChI is InChI=1S/C14H20N6/c15-12-10-20-4-3-16-13(20)14(17-12)19-7-5-18(6-8-19)9-11-1-2-11/h3-4,10-11H,1-2,5-9,15H2. The lowest BCUT2D eigenvalue weighted by Gasteiger charge is -2.35. The Labute approximate surface area is 118 Å². The summed E-state index contributed by atoms with van der Waals surface area (Å²) < 4.78 is 1.95. The van der Waals surface area contributed by atoms with Crippen molar-refractivity contribution in [1.82, 2.24) is 19.3 Å². The van der Waals surface area contributed by atoms with Crippen LogP contribution in [-0.2, 0) is 0 Å². The van der Waals surface area contributed by atoms with Gasteiger partial charge in [-0.05, 0) is 18.8 Å². The van der Waals surface area contributed by atoms with E-state index >= 15 is 0 Å². The zero-order valence-electron chi connectivity index (χ0n) is 11.6. The van der Waals surface area contributed by atoms with Crippen LogP contribution < -0.4 is 10.6 Å². The third-order valence-corrected chi connectivity index (χ3v) is 4.26. The van der Waals surface area contributed by atoms with E-state index < -0.39 is 0 Å². The van der Waals surface area contributed by atoms with Gasteiger partial charge in [-0.1, -0.05) is 0 Å². The Morgan fingerprint density at radius 1 is 1.20 bits per heavy atom. The molecule has 1 aliphatic carbocycles. The molecule has 3 heterocycles. The Balaban J connectivity index is 1.53. The summed E-state index contributed by atoms with van der Waals surface area (Å²) in [4.78, 5) is 13.8. The molecule has 0 aromatic carbocycles. The number of rotatable bonds is 3. The van der Waals surface area contributed by atoms with Crippen LogP contribution in [0.4, 0.5) is 11.6 Å². The molecular formula is C14H20N6. The van der Waals surface area contributed by atoms with E-state index in [4.69, 9.17) is 5.73 Å². The first-order valence-electron chi connectivity index (χ1n) is 7.36. The fourth-order valence-corrected chi connectivity index (χ4v) is 2.95. The molecule has 0 amide bonds. The summed E-state index contributed by atoms with van der Waals surface area (Å²) in [5, 5.41) is 0. The second-order valence-corrected chi connectivity index (χ2v) is 5.88. The van der Waals surface area contributed by atoms with E-state index in [1.165, 1.54) is 19.4 Å². The lowest BCUT2D eigenvalue weighted by Crippen LogP contribution is -2.47. The molecule has 1 saturated carbocycles. The highest BCUT2D eigenvalue weighted by Gasteiger charge is 2.27. The third-order valence-electron chi connectivity index (χ3n) is 4.26. The van der Waals surface area contributed by atoms with Gasteiger partial charge in [-0.15, -0.1) is 0 Å². The first-order valence-corrected chi connectivity index (χ1v) is 7.36. The predicted molar refractivity (Wildman–Crippen MR) is 78.8 cm³/mol. The maximum absolute atomic E-state index is 5.90. The topological polar surface area (TPSA) is 62.7 Å². The molecule has 4 rings (SSSR count). The van der Waals surface area contributed by atoms with Gasteiger partial charge in [0.1, 0.15) is 5.82 Å². The van der Waals surface area contributed by atoms with Crippen molar-refractivity contribution in [2.75, 3.05) is 43.4 Å². The number of hydrogen-bond acceptors (Lipinski definition) is 5.